The summed E-state index contributed by atoms with van der Waals surface area (Å²) in [6.45, 7) is 3.71. The predicted molar refractivity (Wildman–Crippen MR) is 75.6 cm³/mol. The van der Waals surface area contributed by atoms with Crippen LogP contribution in [0.2, 0.25) is 10.0 Å². The molecule has 0 aliphatic heterocycles. The first kappa shape index (κ1) is 13.1. The van der Waals surface area contributed by atoms with Gasteiger partial charge in [-0.2, -0.15) is 0 Å². The maximum absolute atomic E-state index is 9.47. The zero-order valence-electron chi connectivity index (χ0n) is 9.95. The molecule has 1 aromatic carbocycles. The number of benzene rings is 1. The molecule has 3 nitrogen and oxygen atoms in total. The van der Waals surface area contributed by atoms with Gasteiger partial charge in [-0.05, 0) is 31.2 Å². The molecule has 1 heterocycles. The number of nitrogens with one attached hydrogen (secondary N) is 1. The molecule has 0 unspecified atom stereocenters. The second kappa shape index (κ2) is 5.55. The van der Waals surface area contributed by atoms with Crippen LogP contribution in [-0.4, -0.2) is 9.67 Å². The summed E-state index contributed by atoms with van der Waals surface area (Å²) in [7, 11) is 0. The van der Waals surface area contributed by atoms with E-state index < -0.39 is 0 Å². The number of hydrogen-bond donors (Lipinski definition) is 2. The fourth-order valence-electron chi connectivity index (χ4n) is 1.78. The lowest BCUT2D eigenvalue weighted by molar-refractivity contribution is 0.476. The predicted octanol–water partition coefficient (Wildman–Crippen LogP) is 4.13. The van der Waals surface area contributed by atoms with Crippen LogP contribution in [0, 0.1) is 0 Å². The summed E-state index contributed by atoms with van der Waals surface area (Å²) in [5.74, 6) is -0.0826. The van der Waals surface area contributed by atoms with Crippen molar-refractivity contribution in [2.24, 2.45) is 0 Å². The number of rotatable bonds is 4. The first-order valence-electron chi connectivity index (χ1n) is 5.67. The van der Waals surface area contributed by atoms with E-state index >= 15 is 0 Å². The van der Waals surface area contributed by atoms with Gasteiger partial charge in [-0.3, -0.25) is 0 Å². The van der Waals surface area contributed by atoms with E-state index in [1.165, 1.54) is 5.69 Å². The van der Waals surface area contributed by atoms with Crippen LogP contribution in [0.3, 0.4) is 0 Å². The van der Waals surface area contributed by atoms with Crippen LogP contribution < -0.4 is 5.32 Å². The van der Waals surface area contributed by atoms with E-state index in [0.717, 1.165) is 12.2 Å². The molecule has 2 aromatic rings. The number of phenols is 1. The molecule has 2 rings (SSSR count). The summed E-state index contributed by atoms with van der Waals surface area (Å²) in [6, 6.07) is 7.38. The van der Waals surface area contributed by atoms with Crippen molar-refractivity contribution in [1.82, 2.24) is 4.57 Å². The molecule has 0 radical (unpaired) electrons. The number of aromatic hydroxyl groups is 1. The third-order valence-electron chi connectivity index (χ3n) is 2.75. The second-order valence-electron chi connectivity index (χ2n) is 3.93. The van der Waals surface area contributed by atoms with E-state index in [9.17, 15) is 5.11 Å². The van der Waals surface area contributed by atoms with Gasteiger partial charge in [-0.25, -0.2) is 0 Å². The maximum atomic E-state index is 9.47. The van der Waals surface area contributed by atoms with Crippen LogP contribution in [0.25, 0.3) is 0 Å². The van der Waals surface area contributed by atoms with Crippen LogP contribution in [0.15, 0.2) is 30.5 Å². The molecule has 0 fully saturated rings. The van der Waals surface area contributed by atoms with E-state index in [1.54, 1.807) is 12.1 Å². The molecule has 0 bridgehead atoms. The Morgan fingerprint density at radius 1 is 1.28 bits per heavy atom. The molecule has 96 valence electrons. The van der Waals surface area contributed by atoms with Crippen molar-refractivity contribution in [3.05, 3.63) is 46.2 Å². The molecular weight excluding hydrogens is 271 g/mol. The van der Waals surface area contributed by atoms with Crippen molar-refractivity contribution in [1.29, 1.82) is 0 Å². The largest absolute Gasteiger partial charge is 0.505 e. The van der Waals surface area contributed by atoms with Gasteiger partial charge in [-0.1, -0.05) is 23.2 Å². The zero-order chi connectivity index (χ0) is 13.1. The van der Waals surface area contributed by atoms with Crippen LogP contribution >= 0.6 is 23.2 Å². The summed E-state index contributed by atoms with van der Waals surface area (Å²) in [5, 5.41) is 13.2. The van der Waals surface area contributed by atoms with Crippen molar-refractivity contribution in [2.75, 3.05) is 5.32 Å². The molecule has 0 aliphatic carbocycles. The van der Waals surface area contributed by atoms with Crippen molar-refractivity contribution in [3.8, 4) is 5.75 Å². The molecule has 0 saturated carbocycles. The van der Waals surface area contributed by atoms with Gasteiger partial charge in [0.05, 0.1) is 16.6 Å². The van der Waals surface area contributed by atoms with Gasteiger partial charge in [0.15, 0.2) is 5.75 Å². The summed E-state index contributed by atoms with van der Waals surface area (Å²) >= 11 is 11.7. The van der Waals surface area contributed by atoms with Gasteiger partial charge in [0.25, 0.3) is 0 Å². The normalized spacial score (nSPS) is 10.6. The average molecular weight is 285 g/mol. The molecule has 5 heteroatoms. The Morgan fingerprint density at radius 2 is 1.94 bits per heavy atom. The summed E-state index contributed by atoms with van der Waals surface area (Å²) < 4.78 is 2.15. The topological polar surface area (TPSA) is 37.2 Å². The lowest BCUT2D eigenvalue weighted by Crippen LogP contribution is -2.05. The Balaban J connectivity index is 2.11. The van der Waals surface area contributed by atoms with Gasteiger partial charge >= 0.3 is 0 Å². The fourth-order valence-corrected chi connectivity index (χ4v) is 2.27. The van der Waals surface area contributed by atoms with Crippen LogP contribution in [-0.2, 0) is 13.1 Å². The van der Waals surface area contributed by atoms with Crippen molar-refractivity contribution < 1.29 is 5.11 Å². The van der Waals surface area contributed by atoms with Crippen LogP contribution in [0.5, 0.6) is 5.75 Å². The fraction of sp³-hybridized carbons (Fsp3) is 0.231. The molecule has 0 aliphatic rings. The van der Waals surface area contributed by atoms with E-state index in [-0.39, 0.29) is 15.8 Å². The first-order chi connectivity index (χ1) is 8.61. The van der Waals surface area contributed by atoms with Gasteiger partial charge in [0.2, 0.25) is 0 Å². The highest BCUT2D eigenvalue weighted by molar-refractivity contribution is 6.37. The van der Waals surface area contributed by atoms with Gasteiger partial charge in [-0.15, -0.1) is 0 Å². The Bertz CT molecular complexity index is 529. The number of hydrogen-bond acceptors (Lipinski definition) is 2. The minimum Gasteiger partial charge on any atom is -0.505 e. The third kappa shape index (κ3) is 2.74. The minimum atomic E-state index is -0.0826. The third-order valence-corrected chi connectivity index (χ3v) is 3.33. The quantitative estimate of drug-likeness (QED) is 0.829. The highest BCUT2D eigenvalue weighted by Gasteiger charge is 2.07. The monoisotopic (exact) mass is 284 g/mol. The highest BCUT2D eigenvalue weighted by atomic mass is 35.5. The molecule has 0 saturated heterocycles. The van der Waals surface area contributed by atoms with Gasteiger partial charge in [0.1, 0.15) is 0 Å². The van der Waals surface area contributed by atoms with Gasteiger partial charge in [0, 0.05) is 24.1 Å². The van der Waals surface area contributed by atoms with Crippen LogP contribution in [0.1, 0.15) is 12.6 Å². The number of nitrogens with zero attached hydrogens (tertiary/aromatic N) is 1. The number of halogens is 2. The zero-order valence-corrected chi connectivity index (χ0v) is 11.5. The summed E-state index contributed by atoms with van der Waals surface area (Å²) in [4.78, 5) is 0. The van der Waals surface area contributed by atoms with E-state index in [4.69, 9.17) is 23.2 Å². The maximum Gasteiger partial charge on any atom is 0.152 e. The van der Waals surface area contributed by atoms with Crippen molar-refractivity contribution in [3.63, 3.8) is 0 Å². The van der Waals surface area contributed by atoms with Crippen molar-refractivity contribution in [2.45, 2.75) is 20.0 Å². The van der Waals surface area contributed by atoms with Gasteiger partial charge < -0.3 is 15.0 Å². The molecule has 0 atom stereocenters. The van der Waals surface area contributed by atoms with E-state index in [0.29, 0.717) is 6.54 Å². The second-order valence-corrected chi connectivity index (χ2v) is 4.74. The van der Waals surface area contributed by atoms with Crippen LogP contribution in [0.4, 0.5) is 5.69 Å². The summed E-state index contributed by atoms with van der Waals surface area (Å²) in [5.41, 5.74) is 1.96. The Labute approximate surface area is 116 Å². The number of phenolic OH excluding ortho intramolecular Hbond substituents is 1. The van der Waals surface area contributed by atoms with E-state index in [2.05, 4.69) is 22.9 Å². The lowest BCUT2D eigenvalue weighted by atomic mass is 10.3. The Morgan fingerprint density at radius 3 is 2.56 bits per heavy atom. The highest BCUT2D eigenvalue weighted by Crippen LogP contribution is 2.34. The lowest BCUT2D eigenvalue weighted by Gasteiger charge is -2.10. The van der Waals surface area contributed by atoms with Crippen molar-refractivity contribution >= 4 is 28.9 Å². The Hall–Kier alpha value is -1.32. The smallest absolute Gasteiger partial charge is 0.152 e. The SMILES string of the molecule is CCn1cccc1CNc1cc(Cl)c(O)c(Cl)c1. The average Bonchev–Trinajstić information content (AvgIpc) is 2.80. The number of aryl methyl sites for hydroxylation is 1. The molecule has 0 amide bonds. The molecule has 1 aromatic heterocycles. The molecular formula is C13H14Cl2N2O. The molecule has 2 N–H and O–H groups in total. The minimum absolute atomic E-state index is 0.0826. The Kier molecular flexibility index (Phi) is 4.04. The number of anilines is 1. The van der Waals surface area contributed by atoms with E-state index in [1.807, 2.05) is 12.3 Å². The first-order valence-corrected chi connectivity index (χ1v) is 6.43. The number of aromatic nitrogens is 1. The standard InChI is InChI=1S/C13H14Cl2N2O/c1-2-17-5-3-4-10(17)8-16-9-6-11(14)13(18)12(15)7-9/h3-7,16,18H,2,8H2,1H3. The molecule has 18 heavy (non-hydrogen) atoms. The summed E-state index contributed by atoms with van der Waals surface area (Å²) in [6.07, 6.45) is 2.04. The molecule has 0 spiro atoms.